The van der Waals surface area contributed by atoms with E-state index in [1.807, 2.05) is 0 Å². The summed E-state index contributed by atoms with van der Waals surface area (Å²) < 4.78 is 2.37. The number of nitrogens with zero attached hydrogens (tertiary/aromatic N) is 5. The van der Waals surface area contributed by atoms with Gasteiger partial charge >= 0.3 is 0 Å². The van der Waals surface area contributed by atoms with Crippen molar-refractivity contribution in [3.05, 3.63) is 17.7 Å². The first kappa shape index (κ1) is 19.5. The fourth-order valence-electron chi connectivity index (χ4n) is 5.14. The Morgan fingerprint density at radius 1 is 1.17 bits per heavy atom. The van der Waals surface area contributed by atoms with Gasteiger partial charge in [0.05, 0.1) is 0 Å². The van der Waals surface area contributed by atoms with Crippen molar-refractivity contribution < 1.29 is 0 Å². The second-order valence-corrected chi connectivity index (χ2v) is 9.74. The minimum Gasteiger partial charge on any atom is -0.365 e. The van der Waals surface area contributed by atoms with Crippen molar-refractivity contribution in [3.63, 3.8) is 0 Å². The lowest BCUT2D eigenvalue weighted by atomic mass is 9.80. The third-order valence-corrected chi connectivity index (χ3v) is 7.59. The number of nitriles is 1. The summed E-state index contributed by atoms with van der Waals surface area (Å²) in [4.78, 5) is 14.0. The summed E-state index contributed by atoms with van der Waals surface area (Å²) in [5.74, 6) is 4.24. The summed E-state index contributed by atoms with van der Waals surface area (Å²) >= 11 is 0. The fourth-order valence-corrected chi connectivity index (χ4v) is 5.14. The molecule has 2 aromatic heterocycles. The molecule has 0 amide bonds. The molecule has 0 saturated heterocycles. The molecule has 5 rings (SSSR count). The van der Waals surface area contributed by atoms with E-state index in [1.54, 1.807) is 0 Å². The lowest BCUT2D eigenvalue weighted by Gasteiger charge is -2.32. The Balaban J connectivity index is 1.57. The number of hydrogen-bond acceptors (Lipinski definition) is 5. The molecule has 0 radical (unpaired) electrons. The summed E-state index contributed by atoms with van der Waals surface area (Å²) in [5.41, 5.74) is 2.96. The van der Waals surface area contributed by atoms with Gasteiger partial charge in [-0.25, -0.2) is 4.98 Å². The van der Waals surface area contributed by atoms with Crippen LogP contribution in [0.25, 0.3) is 16.7 Å². The largest absolute Gasteiger partial charge is 0.365 e. The molecule has 0 aliphatic heterocycles. The molecule has 0 aromatic carbocycles. The predicted molar refractivity (Wildman–Crippen MR) is 119 cm³/mol. The third-order valence-electron chi connectivity index (χ3n) is 7.59. The van der Waals surface area contributed by atoms with Crippen LogP contribution in [-0.4, -0.2) is 25.6 Å². The fraction of sp³-hybridized carbons (Fsp3) is 0.667. The minimum absolute atomic E-state index is 0.205. The van der Waals surface area contributed by atoms with Gasteiger partial charge in [-0.3, -0.25) is 0 Å². The Morgan fingerprint density at radius 3 is 2.53 bits per heavy atom. The number of nitrogens with one attached hydrogen (secondary N) is 1. The molecule has 0 bridgehead atoms. The zero-order chi connectivity index (χ0) is 20.7. The van der Waals surface area contributed by atoms with Crippen LogP contribution in [0.15, 0.2) is 6.08 Å². The molecule has 2 saturated carbocycles. The molecule has 6 nitrogen and oxygen atoms in total. The molecule has 158 valence electrons. The molecule has 0 unspecified atom stereocenters. The predicted octanol–water partition coefficient (Wildman–Crippen LogP) is 5.30. The van der Waals surface area contributed by atoms with Crippen molar-refractivity contribution in [2.75, 3.05) is 5.32 Å². The van der Waals surface area contributed by atoms with Gasteiger partial charge in [0.1, 0.15) is 17.4 Å². The Morgan fingerprint density at radius 2 is 1.93 bits per heavy atom. The maximum Gasteiger partial charge on any atom is 0.236 e. The summed E-state index contributed by atoms with van der Waals surface area (Å²) in [7, 11) is 0. The number of aromatic nitrogens is 4. The minimum atomic E-state index is 0.205. The van der Waals surface area contributed by atoms with E-state index in [9.17, 15) is 5.26 Å². The summed E-state index contributed by atoms with van der Waals surface area (Å²) in [5, 5.41) is 13.2. The monoisotopic (exact) mass is 404 g/mol. The maximum atomic E-state index is 9.50. The van der Waals surface area contributed by atoms with Gasteiger partial charge in [0.2, 0.25) is 5.82 Å². The van der Waals surface area contributed by atoms with Gasteiger partial charge in [-0.05, 0) is 68.8 Å². The van der Waals surface area contributed by atoms with Gasteiger partial charge in [0.15, 0.2) is 11.5 Å². The van der Waals surface area contributed by atoms with E-state index in [4.69, 9.17) is 4.98 Å². The van der Waals surface area contributed by atoms with E-state index in [-0.39, 0.29) is 5.82 Å². The Labute approximate surface area is 178 Å². The van der Waals surface area contributed by atoms with Crippen molar-refractivity contribution in [1.82, 2.24) is 19.5 Å². The maximum absolute atomic E-state index is 9.50. The van der Waals surface area contributed by atoms with Gasteiger partial charge in [0, 0.05) is 12.6 Å². The molecule has 3 aliphatic rings. The molecule has 2 fully saturated rings. The van der Waals surface area contributed by atoms with Crippen molar-refractivity contribution in [2.45, 2.75) is 84.2 Å². The SMILES string of the molecule is CC1CCC(Cn2c(C3=CCC3)nc3nc(C#N)nc(N[C@H](C)C4CCC4)c32)CC1. The number of allylic oxidation sites excluding steroid dienone is 2. The molecule has 6 heteroatoms. The highest BCUT2D eigenvalue weighted by Crippen LogP contribution is 2.37. The average Bonchev–Trinajstić information content (AvgIpc) is 2.98. The first-order valence-electron chi connectivity index (χ1n) is 11.8. The summed E-state index contributed by atoms with van der Waals surface area (Å²) in [6.45, 7) is 5.58. The van der Waals surface area contributed by atoms with Gasteiger partial charge in [-0.2, -0.15) is 15.2 Å². The third kappa shape index (κ3) is 3.59. The van der Waals surface area contributed by atoms with Gasteiger partial charge in [-0.15, -0.1) is 0 Å². The highest BCUT2D eigenvalue weighted by atomic mass is 15.2. The number of imidazole rings is 1. The average molecular weight is 405 g/mol. The van der Waals surface area contributed by atoms with Crippen LogP contribution in [0.4, 0.5) is 5.82 Å². The van der Waals surface area contributed by atoms with Gasteiger partial charge < -0.3 is 9.88 Å². The molecule has 1 atom stereocenters. The van der Waals surface area contributed by atoms with Crippen molar-refractivity contribution >= 4 is 22.6 Å². The van der Waals surface area contributed by atoms with Crippen LogP contribution in [-0.2, 0) is 6.54 Å². The molecular weight excluding hydrogens is 372 g/mol. The van der Waals surface area contributed by atoms with E-state index in [2.05, 4.69) is 45.8 Å². The lowest BCUT2D eigenvalue weighted by molar-refractivity contribution is 0.266. The zero-order valence-corrected chi connectivity index (χ0v) is 18.2. The zero-order valence-electron chi connectivity index (χ0n) is 18.2. The lowest BCUT2D eigenvalue weighted by Crippen LogP contribution is -2.31. The van der Waals surface area contributed by atoms with Crippen LogP contribution < -0.4 is 5.32 Å². The van der Waals surface area contributed by atoms with E-state index >= 15 is 0 Å². The van der Waals surface area contributed by atoms with Crippen LogP contribution in [0.1, 0.15) is 83.3 Å². The van der Waals surface area contributed by atoms with E-state index in [0.717, 1.165) is 42.5 Å². The van der Waals surface area contributed by atoms with Crippen LogP contribution in [0, 0.1) is 29.1 Å². The van der Waals surface area contributed by atoms with Crippen LogP contribution in [0.2, 0.25) is 0 Å². The molecule has 1 N–H and O–H groups in total. The van der Waals surface area contributed by atoms with Crippen molar-refractivity contribution in [2.24, 2.45) is 17.8 Å². The second kappa shape index (κ2) is 8.02. The number of hydrogen-bond donors (Lipinski definition) is 1. The van der Waals surface area contributed by atoms with Crippen LogP contribution >= 0.6 is 0 Å². The second-order valence-electron chi connectivity index (χ2n) is 9.74. The van der Waals surface area contributed by atoms with E-state index in [1.165, 1.54) is 50.5 Å². The van der Waals surface area contributed by atoms with Crippen LogP contribution in [0.5, 0.6) is 0 Å². The van der Waals surface area contributed by atoms with Crippen LogP contribution in [0.3, 0.4) is 0 Å². The summed E-state index contributed by atoms with van der Waals surface area (Å²) in [6, 6.07) is 2.48. The molecule has 30 heavy (non-hydrogen) atoms. The number of rotatable bonds is 6. The molecule has 0 spiro atoms. The Kier molecular flexibility index (Phi) is 5.22. The Hall–Kier alpha value is -2.42. The van der Waals surface area contributed by atoms with Crippen molar-refractivity contribution in [1.29, 1.82) is 5.26 Å². The normalized spacial score (nSPS) is 25.2. The molecular formula is C24H32N6. The highest BCUT2D eigenvalue weighted by Gasteiger charge is 2.28. The highest BCUT2D eigenvalue weighted by molar-refractivity contribution is 5.87. The standard InChI is InChI=1S/C24H32N6/c1-15-9-11-17(12-10-15)14-30-21-22(26-16(2)18-5-3-6-18)27-20(13-25)28-23(21)29-24(30)19-7-4-8-19/h7,15-18H,3-6,8-12,14H2,1-2H3,(H,26,27,28)/t15?,16-,17?/m1/s1. The first-order valence-corrected chi connectivity index (χ1v) is 11.8. The van der Waals surface area contributed by atoms with Gasteiger partial charge in [0.25, 0.3) is 0 Å². The van der Waals surface area contributed by atoms with Gasteiger partial charge in [-0.1, -0.05) is 32.3 Å². The number of fused-ring (bicyclic) bond motifs is 1. The molecule has 2 aromatic rings. The Bertz CT molecular complexity index is 1000. The number of anilines is 1. The summed E-state index contributed by atoms with van der Waals surface area (Å²) in [6.07, 6.45) is 13.5. The van der Waals surface area contributed by atoms with E-state index < -0.39 is 0 Å². The van der Waals surface area contributed by atoms with E-state index in [0.29, 0.717) is 23.5 Å². The topological polar surface area (TPSA) is 79.4 Å². The first-order chi connectivity index (χ1) is 14.6. The smallest absolute Gasteiger partial charge is 0.236 e. The molecule has 3 aliphatic carbocycles. The quantitative estimate of drug-likeness (QED) is 0.706. The molecule has 2 heterocycles. The van der Waals surface area contributed by atoms with Crippen molar-refractivity contribution in [3.8, 4) is 6.07 Å².